The Labute approximate surface area is 69.1 Å². The summed E-state index contributed by atoms with van der Waals surface area (Å²) in [7, 11) is 3.57. The number of hydrogen-bond donors (Lipinski definition) is 0. The van der Waals surface area contributed by atoms with Gasteiger partial charge in [-0.25, -0.2) is 4.98 Å². The maximum atomic E-state index is 4.97. The Morgan fingerprint density at radius 1 is 1.70 bits per heavy atom. The zero-order valence-corrected chi connectivity index (χ0v) is 7.47. The number of aromatic nitrogens is 1. The summed E-state index contributed by atoms with van der Waals surface area (Å²) in [5, 5.41) is 0. The lowest BCUT2D eigenvalue weighted by Crippen LogP contribution is -2.08. The molecule has 1 aromatic heterocycles. The molecule has 0 bridgehead atoms. The summed E-state index contributed by atoms with van der Waals surface area (Å²) in [6.07, 6.45) is 1.71. The molecule has 0 spiro atoms. The van der Waals surface area contributed by atoms with Crippen LogP contribution in [0.5, 0.6) is 5.88 Å². The lowest BCUT2D eigenvalue weighted by Gasteiger charge is -2.01. The van der Waals surface area contributed by atoms with Crippen molar-refractivity contribution in [2.75, 3.05) is 7.11 Å². The third kappa shape index (κ3) is 1.50. The summed E-state index contributed by atoms with van der Waals surface area (Å²) in [4.78, 5) is 4.03. The van der Waals surface area contributed by atoms with E-state index in [9.17, 15) is 0 Å². The molecule has 1 heterocycles. The standard InChI is InChI=1S/C6H7BBrNO/c1-10-6-5(7)2-4(8)3-9-6/h2-3H,7H2,1H3. The van der Waals surface area contributed by atoms with Gasteiger partial charge in [0.1, 0.15) is 7.85 Å². The molecular formula is C6H7BBrNO. The van der Waals surface area contributed by atoms with Gasteiger partial charge in [-0.15, -0.1) is 0 Å². The second kappa shape index (κ2) is 3.06. The molecule has 0 N–H and O–H groups in total. The molecule has 0 unspecified atom stereocenters. The first-order valence-corrected chi connectivity index (χ1v) is 3.69. The number of nitrogens with zero attached hydrogens (tertiary/aromatic N) is 1. The third-order valence-corrected chi connectivity index (χ3v) is 1.62. The normalized spacial score (nSPS) is 9.40. The van der Waals surface area contributed by atoms with Gasteiger partial charge in [0.05, 0.1) is 7.11 Å². The fourth-order valence-electron chi connectivity index (χ4n) is 0.742. The molecule has 10 heavy (non-hydrogen) atoms. The number of hydrogen-bond acceptors (Lipinski definition) is 2. The first kappa shape index (κ1) is 7.60. The Bertz CT molecular complexity index is 241. The number of pyridine rings is 1. The fraction of sp³-hybridized carbons (Fsp3) is 0.167. The van der Waals surface area contributed by atoms with Crippen LogP contribution in [-0.4, -0.2) is 19.9 Å². The molecule has 0 aliphatic heterocycles. The average Bonchev–Trinajstić information content (AvgIpc) is 1.88. The van der Waals surface area contributed by atoms with E-state index in [1.807, 2.05) is 13.9 Å². The van der Waals surface area contributed by atoms with Gasteiger partial charge >= 0.3 is 0 Å². The minimum atomic E-state index is 0.684. The Balaban J connectivity index is 3.07. The summed E-state index contributed by atoms with van der Waals surface area (Å²) >= 11 is 3.31. The highest BCUT2D eigenvalue weighted by Crippen LogP contribution is 2.08. The highest BCUT2D eigenvalue weighted by atomic mass is 79.9. The van der Waals surface area contributed by atoms with E-state index < -0.39 is 0 Å². The third-order valence-electron chi connectivity index (χ3n) is 1.19. The lowest BCUT2D eigenvalue weighted by atomic mass is 9.98. The molecule has 0 aliphatic rings. The lowest BCUT2D eigenvalue weighted by molar-refractivity contribution is 0.401. The summed E-state index contributed by atoms with van der Waals surface area (Å²) in [6, 6.07) is 1.96. The molecule has 1 aromatic rings. The van der Waals surface area contributed by atoms with Gasteiger partial charge < -0.3 is 4.74 Å². The monoisotopic (exact) mass is 199 g/mol. The predicted octanol–water partition coefficient (Wildman–Crippen LogP) is 0.111. The van der Waals surface area contributed by atoms with E-state index in [2.05, 4.69) is 20.9 Å². The number of methoxy groups -OCH3 is 1. The fourth-order valence-corrected chi connectivity index (χ4v) is 1.19. The van der Waals surface area contributed by atoms with Gasteiger partial charge in [-0.3, -0.25) is 0 Å². The molecule has 4 heteroatoms. The van der Waals surface area contributed by atoms with Gasteiger partial charge in [-0.05, 0) is 27.5 Å². The van der Waals surface area contributed by atoms with Crippen LogP contribution in [0.25, 0.3) is 0 Å². The number of halogens is 1. The van der Waals surface area contributed by atoms with Crippen LogP contribution in [0.4, 0.5) is 0 Å². The highest BCUT2D eigenvalue weighted by Gasteiger charge is 1.97. The molecule has 0 atom stereocenters. The van der Waals surface area contributed by atoms with Crippen LogP contribution in [0.2, 0.25) is 0 Å². The van der Waals surface area contributed by atoms with Crippen LogP contribution in [-0.2, 0) is 0 Å². The maximum absolute atomic E-state index is 4.97. The molecule has 0 radical (unpaired) electrons. The van der Waals surface area contributed by atoms with Gasteiger partial charge in [0.25, 0.3) is 0 Å². The van der Waals surface area contributed by atoms with Crippen LogP contribution in [0.1, 0.15) is 0 Å². The van der Waals surface area contributed by atoms with Crippen molar-refractivity contribution in [3.05, 3.63) is 16.7 Å². The minimum absolute atomic E-state index is 0.684. The Hall–Kier alpha value is -0.505. The molecule has 0 aliphatic carbocycles. The first-order valence-electron chi connectivity index (χ1n) is 2.90. The van der Waals surface area contributed by atoms with E-state index in [0.29, 0.717) is 5.88 Å². The molecule has 0 amide bonds. The van der Waals surface area contributed by atoms with Crippen LogP contribution in [0, 0.1) is 0 Å². The summed E-state index contributed by atoms with van der Waals surface area (Å²) in [5.74, 6) is 0.684. The van der Waals surface area contributed by atoms with Crippen molar-refractivity contribution in [3.63, 3.8) is 0 Å². The largest absolute Gasteiger partial charge is 0.481 e. The van der Waals surface area contributed by atoms with Crippen molar-refractivity contribution in [3.8, 4) is 5.88 Å². The molecule has 0 saturated carbocycles. The van der Waals surface area contributed by atoms with Crippen molar-refractivity contribution in [1.29, 1.82) is 0 Å². The number of rotatable bonds is 1. The maximum Gasteiger partial charge on any atom is 0.206 e. The van der Waals surface area contributed by atoms with Crippen molar-refractivity contribution < 1.29 is 4.74 Å². The van der Waals surface area contributed by atoms with Crippen molar-refractivity contribution in [2.24, 2.45) is 0 Å². The Kier molecular flexibility index (Phi) is 2.32. The second-order valence-electron chi connectivity index (χ2n) is 1.98. The van der Waals surface area contributed by atoms with E-state index in [-0.39, 0.29) is 0 Å². The highest BCUT2D eigenvalue weighted by molar-refractivity contribution is 9.10. The predicted molar refractivity (Wildman–Crippen MR) is 46.7 cm³/mol. The van der Waals surface area contributed by atoms with E-state index in [1.165, 1.54) is 0 Å². The summed E-state index contributed by atoms with van der Waals surface area (Å²) in [6.45, 7) is 0. The minimum Gasteiger partial charge on any atom is -0.481 e. The molecule has 2 nitrogen and oxygen atoms in total. The molecule has 0 aromatic carbocycles. The van der Waals surface area contributed by atoms with E-state index >= 15 is 0 Å². The van der Waals surface area contributed by atoms with Crippen LogP contribution in [0.15, 0.2) is 16.7 Å². The topological polar surface area (TPSA) is 22.1 Å². The van der Waals surface area contributed by atoms with E-state index in [0.717, 1.165) is 9.94 Å². The van der Waals surface area contributed by atoms with E-state index in [1.54, 1.807) is 13.3 Å². The Morgan fingerprint density at radius 2 is 2.40 bits per heavy atom. The molecular weight excluding hydrogens is 193 g/mol. The molecule has 52 valence electrons. The molecule has 1 rings (SSSR count). The summed E-state index contributed by atoms with van der Waals surface area (Å²) < 4.78 is 5.95. The van der Waals surface area contributed by atoms with Gasteiger partial charge in [0.15, 0.2) is 0 Å². The smallest absolute Gasteiger partial charge is 0.206 e. The van der Waals surface area contributed by atoms with Crippen LogP contribution >= 0.6 is 15.9 Å². The van der Waals surface area contributed by atoms with Gasteiger partial charge in [-0.2, -0.15) is 0 Å². The number of ether oxygens (including phenoxy) is 1. The van der Waals surface area contributed by atoms with Crippen molar-refractivity contribution >= 4 is 29.2 Å². The van der Waals surface area contributed by atoms with Gasteiger partial charge in [0, 0.05) is 10.7 Å². The van der Waals surface area contributed by atoms with Gasteiger partial charge in [0.2, 0.25) is 5.88 Å². The van der Waals surface area contributed by atoms with E-state index in [4.69, 9.17) is 4.74 Å². The quantitative estimate of drug-likeness (QED) is 0.600. The second-order valence-corrected chi connectivity index (χ2v) is 2.90. The Morgan fingerprint density at radius 3 is 2.90 bits per heavy atom. The van der Waals surface area contributed by atoms with Crippen LogP contribution < -0.4 is 10.2 Å². The van der Waals surface area contributed by atoms with Crippen molar-refractivity contribution in [2.45, 2.75) is 0 Å². The zero-order chi connectivity index (χ0) is 7.56. The van der Waals surface area contributed by atoms with Crippen molar-refractivity contribution in [1.82, 2.24) is 4.98 Å². The zero-order valence-electron chi connectivity index (χ0n) is 5.89. The van der Waals surface area contributed by atoms with Crippen LogP contribution in [0.3, 0.4) is 0 Å². The first-order chi connectivity index (χ1) is 4.74. The molecule has 0 fully saturated rings. The summed E-state index contributed by atoms with van der Waals surface area (Å²) in [5.41, 5.74) is 1.04. The average molecular weight is 200 g/mol. The van der Waals surface area contributed by atoms with Gasteiger partial charge in [-0.1, -0.05) is 0 Å². The SMILES string of the molecule is Bc1cc(Br)cnc1OC. The molecule has 0 saturated heterocycles.